The summed E-state index contributed by atoms with van der Waals surface area (Å²) in [4.78, 5) is 16.4. The molecule has 1 amide bonds. The van der Waals surface area contributed by atoms with Crippen LogP contribution in [0.1, 0.15) is 22.8 Å². The largest absolute Gasteiger partial charge is 0.503 e. The van der Waals surface area contributed by atoms with Crippen molar-refractivity contribution in [2.24, 2.45) is 5.10 Å². The van der Waals surface area contributed by atoms with Crippen molar-refractivity contribution in [1.29, 1.82) is 0 Å². The van der Waals surface area contributed by atoms with Crippen LogP contribution in [0.15, 0.2) is 39.9 Å². The quantitative estimate of drug-likeness (QED) is 0.420. The number of aromatic nitrogens is 1. The average Bonchev–Trinajstić information content (AvgIpc) is 2.98. The first-order valence-electron chi connectivity index (χ1n) is 7.62. The van der Waals surface area contributed by atoms with E-state index in [0.717, 1.165) is 10.2 Å². The maximum atomic E-state index is 12.2. The number of hydrogen-bond acceptors (Lipinski definition) is 7. The number of carbonyl (C=O) groups excluding carboxylic acids is 1. The van der Waals surface area contributed by atoms with Crippen LogP contribution in [0.3, 0.4) is 0 Å². The van der Waals surface area contributed by atoms with Gasteiger partial charge in [0, 0.05) is 5.56 Å². The van der Waals surface area contributed by atoms with E-state index in [1.54, 1.807) is 30.3 Å². The lowest BCUT2D eigenvalue weighted by atomic mass is 10.2. The van der Waals surface area contributed by atoms with Crippen molar-refractivity contribution in [3.05, 3.63) is 45.9 Å². The highest BCUT2D eigenvalue weighted by atomic mass is 79.9. The van der Waals surface area contributed by atoms with Crippen LogP contribution >= 0.6 is 27.3 Å². The number of amides is 1. The number of anilines is 1. The zero-order valence-electron chi connectivity index (χ0n) is 13.7. The zero-order chi connectivity index (χ0) is 18.7. The lowest BCUT2D eigenvalue weighted by molar-refractivity contribution is 0.0955. The van der Waals surface area contributed by atoms with Crippen LogP contribution in [0, 0.1) is 0 Å². The molecule has 1 aromatic heterocycles. The third kappa shape index (κ3) is 3.94. The summed E-state index contributed by atoms with van der Waals surface area (Å²) in [7, 11) is 0. The lowest BCUT2D eigenvalue weighted by Gasteiger charge is -2.08. The van der Waals surface area contributed by atoms with Gasteiger partial charge in [-0.1, -0.05) is 11.3 Å². The summed E-state index contributed by atoms with van der Waals surface area (Å²) in [5.41, 5.74) is 10.0. The topological polar surface area (TPSA) is 110 Å². The molecule has 1 heterocycles. The van der Waals surface area contributed by atoms with Crippen molar-refractivity contribution in [1.82, 2.24) is 10.4 Å². The van der Waals surface area contributed by atoms with Crippen molar-refractivity contribution in [2.45, 2.75) is 6.92 Å². The van der Waals surface area contributed by atoms with E-state index >= 15 is 0 Å². The van der Waals surface area contributed by atoms with Gasteiger partial charge in [0.25, 0.3) is 5.91 Å². The fourth-order valence-corrected chi connectivity index (χ4v) is 3.48. The molecule has 0 spiro atoms. The fourth-order valence-electron chi connectivity index (χ4n) is 2.25. The first kappa shape index (κ1) is 18.2. The van der Waals surface area contributed by atoms with Crippen molar-refractivity contribution in [3.63, 3.8) is 0 Å². The molecule has 0 aliphatic rings. The Hall–Kier alpha value is -2.65. The number of rotatable bonds is 5. The van der Waals surface area contributed by atoms with Gasteiger partial charge in [-0.2, -0.15) is 5.10 Å². The summed E-state index contributed by atoms with van der Waals surface area (Å²) >= 11 is 4.57. The average molecular weight is 435 g/mol. The maximum absolute atomic E-state index is 12.2. The molecule has 0 saturated heterocycles. The van der Waals surface area contributed by atoms with Crippen LogP contribution < -0.4 is 15.9 Å². The number of fused-ring (bicyclic) bond motifs is 1. The Bertz CT molecular complexity index is 1000. The fraction of sp³-hybridized carbons (Fsp3) is 0.118. The van der Waals surface area contributed by atoms with Gasteiger partial charge in [-0.15, -0.1) is 0 Å². The number of halogens is 1. The van der Waals surface area contributed by atoms with Gasteiger partial charge in [0.2, 0.25) is 0 Å². The number of phenols is 1. The Labute approximate surface area is 161 Å². The molecule has 0 aliphatic heterocycles. The number of nitrogens with zero attached hydrogens (tertiary/aromatic N) is 2. The van der Waals surface area contributed by atoms with E-state index in [4.69, 9.17) is 10.5 Å². The number of hydrogen-bond donors (Lipinski definition) is 3. The number of nitrogens with two attached hydrogens (primary N) is 1. The highest BCUT2D eigenvalue weighted by Crippen LogP contribution is 2.35. The SMILES string of the molecule is CCOc1cc(/C=N\NC(=O)c2ccc3nc(N)sc3c2)cc(Br)c1O. The number of nitrogen functional groups attached to an aromatic ring is 1. The first-order valence-corrected chi connectivity index (χ1v) is 9.23. The molecule has 26 heavy (non-hydrogen) atoms. The zero-order valence-corrected chi connectivity index (χ0v) is 16.1. The molecular weight excluding hydrogens is 420 g/mol. The van der Waals surface area contributed by atoms with Gasteiger partial charge >= 0.3 is 0 Å². The van der Waals surface area contributed by atoms with E-state index in [2.05, 4.69) is 31.4 Å². The number of hydrazone groups is 1. The normalized spacial score (nSPS) is 11.2. The molecule has 0 unspecified atom stereocenters. The number of nitrogens with one attached hydrogen (secondary N) is 1. The summed E-state index contributed by atoms with van der Waals surface area (Å²) < 4.78 is 6.67. The minimum atomic E-state index is -0.349. The van der Waals surface area contributed by atoms with Crippen molar-refractivity contribution in [2.75, 3.05) is 12.3 Å². The summed E-state index contributed by atoms with van der Waals surface area (Å²) in [6, 6.07) is 8.42. The highest BCUT2D eigenvalue weighted by Gasteiger charge is 2.10. The van der Waals surface area contributed by atoms with Gasteiger partial charge in [-0.25, -0.2) is 10.4 Å². The third-order valence-corrected chi connectivity index (χ3v) is 4.85. The molecule has 134 valence electrons. The molecule has 0 radical (unpaired) electrons. The van der Waals surface area contributed by atoms with E-state index < -0.39 is 0 Å². The predicted molar refractivity (Wildman–Crippen MR) is 106 cm³/mol. The Morgan fingerprint density at radius 2 is 2.27 bits per heavy atom. The van der Waals surface area contributed by atoms with Crippen LogP contribution in [0.4, 0.5) is 5.13 Å². The van der Waals surface area contributed by atoms with Crippen LogP contribution in [0.2, 0.25) is 0 Å². The second-order valence-corrected chi connectivity index (χ2v) is 7.13. The molecule has 3 rings (SSSR count). The Kier molecular flexibility index (Phi) is 5.38. The number of benzene rings is 2. The monoisotopic (exact) mass is 434 g/mol. The third-order valence-electron chi connectivity index (χ3n) is 3.40. The van der Waals surface area contributed by atoms with Gasteiger partial charge in [0.15, 0.2) is 16.6 Å². The van der Waals surface area contributed by atoms with E-state index in [0.29, 0.717) is 33.1 Å². The van der Waals surface area contributed by atoms with Crippen LogP contribution in [0.25, 0.3) is 10.2 Å². The second kappa shape index (κ2) is 7.71. The van der Waals surface area contributed by atoms with E-state index in [-0.39, 0.29) is 11.7 Å². The van der Waals surface area contributed by atoms with Crippen molar-refractivity contribution < 1.29 is 14.6 Å². The molecule has 0 fully saturated rings. The number of carbonyl (C=O) groups is 1. The molecule has 2 aromatic carbocycles. The van der Waals surface area contributed by atoms with E-state index in [1.807, 2.05) is 6.92 Å². The molecule has 4 N–H and O–H groups in total. The van der Waals surface area contributed by atoms with Gasteiger partial charge in [0.05, 0.1) is 27.5 Å². The number of thiazole rings is 1. The lowest BCUT2D eigenvalue weighted by Crippen LogP contribution is -2.17. The minimum absolute atomic E-state index is 0.0187. The summed E-state index contributed by atoms with van der Waals surface area (Å²) in [6.07, 6.45) is 1.47. The first-order chi connectivity index (χ1) is 12.5. The van der Waals surface area contributed by atoms with E-state index in [1.165, 1.54) is 17.6 Å². The summed E-state index contributed by atoms with van der Waals surface area (Å²) in [6.45, 7) is 2.24. The molecule has 9 heteroatoms. The second-order valence-electron chi connectivity index (χ2n) is 5.22. The van der Waals surface area contributed by atoms with Gasteiger partial charge in [-0.3, -0.25) is 4.79 Å². The number of phenolic OH excluding ortho intramolecular Hbond substituents is 1. The smallest absolute Gasteiger partial charge is 0.271 e. The highest BCUT2D eigenvalue weighted by molar-refractivity contribution is 9.10. The molecular formula is C17H15BrN4O3S. The van der Waals surface area contributed by atoms with E-state index in [9.17, 15) is 9.90 Å². The Morgan fingerprint density at radius 1 is 1.46 bits per heavy atom. The van der Waals surface area contributed by atoms with Crippen molar-refractivity contribution >= 4 is 54.7 Å². The summed E-state index contributed by atoms with van der Waals surface area (Å²) in [5, 5.41) is 14.3. The van der Waals surface area contributed by atoms with Gasteiger partial charge in [0.1, 0.15) is 0 Å². The molecule has 3 aromatic rings. The standard InChI is InChI=1S/C17H15BrN4O3S/c1-2-25-13-6-9(5-11(18)15(13)23)8-20-22-16(24)10-3-4-12-14(7-10)26-17(19)21-12/h3-8,23H,2H2,1H3,(H2,19,21)(H,22,24)/b20-8-. The molecule has 7 nitrogen and oxygen atoms in total. The van der Waals surface area contributed by atoms with Crippen LogP contribution in [-0.2, 0) is 0 Å². The summed E-state index contributed by atoms with van der Waals surface area (Å²) in [5.74, 6) is 0.00560. The molecule has 0 atom stereocenters. The van der Waals surface area contributed by atoms with Crippen LogP contribution in [-0.4, -0.2) is 28.8 Å². The number of ether oxygens (including phenoxy) is 1. The predicted octanol–water partition coefficient (Wildman–Crippen LogP) is 3.51. The molecule has 0 saturated carbocycles. The van der Waals surface area contributed by atoms with Gasteiger partial charge in [-0.05, 0) is 58.7 Å². The Morgan fingerprint density at radius 3 is 3.04 bits per heavy atom. The molecule has 0 bridgehead atoms. The Balaban J connectivity index is 1.73. The number of aromatic hydroxyl groups is 1. The van der Waals surface area contributed by atoms with Crippen molar-refractivity contribution in [3.8, 4) is 11.5 Å². The van der Waals surface area contributed by atoms with Gasteiger partial charge < -0.3 is 15.6 Å². The maximum Gasteiger partial charge on any atom is 0.271 e. The van der Waals surface area contributed by atoms with Crippen LogP contribution in [0.5, 0.6) is 11.5 Å². The molecule has 0 aliphatic carbocycles. The minimum Gasteiger partial charge on any atom is -0.503 e.